The molecule has 6 nitrogen and oxygen atoms in total. The zero-order chi connectivity index (χ0) is 15.8. The lowest BCUT2D eigenvalue weighted by Gasteiger charge is -2.33. The Morgan fingerprint density at radius 1 is 1.24 bits per heavy atom. The number of carbonyl (C=O) groups is 1. The number of benzene rings is 1. The van der Waals surface area contributed by atoms with Crippen LogP contribution in [0, 0.1) is 12.7 Å². The number of aryl methyl sites for hydroxylation is 1. The molecule has 1 saturated heterocycles. The molecule has 1 aliphatic rings. The zero-order valence-corrected chi connectivity index (χ0v) is 12.8. The highest BCUT2D eigenvalue weighted by molar-refractivity contribution is 7.89. The number of nitrogen functional groups attached to an aromatic ring is 1. The molecule has 0 atom stereocenters. The number of nitrogens with zero attached hydrogens (tertiary/aromatic N) is 2. The van der Waals surface area contributed by atoms with Crippen molar-refractivity contribution in [2.45, 2.75) is 18.7 Å². The first-order valence-electron chi connectivity index (χ1n) is 6.55. The van der Waals surface area contributed by atoms with Crippen molar-refractivity contribution in [2.24, 2.45) is 0 Å². The van der Waals surface area contributed by atoms with Crippen LogP contribution in [0.1, 0.15) is 12.5 Å². The molecular formula is C13H18FN3O3S. The summed E-state index contributed by atoms with van der Waals surface area (Å²) >= 11 is 0. The lowest BCUT2D eigenvalue weighted by atomic mass is 10.2. The monoisotopic (exact) mass is 315 g/mol. The number of amides is 1. The van der Waals surface area contributed by atoms with E-state index in [0.29, 0.717) is 13.1 Å². The van der Waals surface area contributed by atoms with Gasteiger partial charge in [0.15, 0.2) is 0 Å². The Hall–Kier alpha value is -1.67. The summed E-state index contributed by atoms with van der Waals surface area (Å²) in [5.74, 6) is -0.677. The van der Waals surface area contributed by atoms with Crippen LogP contribution in [0.5, 0.6) is 0 Å². The summed E-state index contributed by atoms with van der Waals surface area (Å²) in [5.41, 5.74) is 5.51. The number of anilines is 1. The van der Waals surface area contributed by atoms with Crippen molar-refractivity contribution in [3.05, 3.63) is 23.5 Å². The van der Waals surface area contributed by atoms with Gasteiger partial charge in [-0.3, -0.25) is 4.79 Å². The second kappa shape index (κ2) is 5.61. The highest BCUT2D eigenvalue weighted by atomic mass is 32.2. The molecule has 1 aromatic rings. The molecule has 2 N–H and O–H groups in total. The molecule has 1 aromatic carbocycles. The number of hydrogen-bond acceptors (Lipinski definition) is 4. The number of nitrogens with two attached hydrogens (primary N) is 1. The normalized spacial score (nSPS) is 17.0. The average Bonchev–Trinajstić information content (AvgIpc) is 2.44. The van der Waals surface area contributed by atoms with Gasteiger partial charge in [0, 0.05) is 33.1 Å². The van der Waals surface area contributed by atoms with Crippen LogP contribution >= 0.6 is 0 Å². The van der Waals surface area contributed by atoms with Gasteiger partial charge >= 0.3 is 0 Å². The van der Waals surface area contributed by atoms with Gasteiger partial charge in [0.05, 0.1) is 10.6 Å². The molecule has 1 amide bonds. The van der Waals surface area contributed by atoms with E-state index in [9.17, 15) is 17.6 Å². The van der Waals surface area contributed by atoms with Crippen molar-refractivity contribution in [1.29, 1.82) is 0 Å². The Kier molecular flexibility index (Phi) is 4.20. The first-order valence-corrected chi connectivity index (χ1v) is 7.99. The maximum absolute atomic E-state index is 13.5. The van der Waals surface area contributed by atoms with Gasteiger partial charge in [0.25, 0.3) is 0 Å². The molecule has 0 radical (unpaired) electrons. The average molecular weight is 315 g/mol. The maximum atomic E-state index is 13.5. The molecule has 116 valence electrons. The summed E-state index contributed by atoms with van der Waals surface area (Å²) in [6.07, 6.45) is 0. The van der Waals surface area contributed by atoms with Crippen LogP contribution in [-0.2, 0) is 14.8 Å². The van der Waals surface area contributed by atoms with Gasteiger partial charge in [-0.25, -0.2) is 12.8 Å². The molecule has 0 aromatic heterocycles. The molecule has 1 fully saturated rings. The van der Waals surface area contributed by atoms with Crippen LogP contribution in [0.2, 0.25) is 0 Å². The molecule has 0 saturated carbocycles. The van der Waals surface area contributed by atoms with Crippen LogP contribution in [0.4, 0.5) is 10.1 Å². The number of carbonyl (C=O) groups excluding carboxylic acids is 1. The third kappa shape index (κ3) is 3.01. The van der Waals surface area contributed by atoms with E-state index in [0.717, 1.165) is 6.07 Å². The first kappa shape index (κ1) is 15.7. The number of piperazine rings is 1. The van der Waals surface area contributed by atoms with Crippen molar-refractivity contribution in [1.82, 2.24) is 9.21 Å². The Balaban J connectivity index is 2.26. The van der Waals surface area contributed by atoms with Crippen molar-refractivity contribution in [3.63, 3.8) is 0 Å². The zero-order valence-electron chi connectivity index (χ0n) is 12.0. The number of halogens is 1. The largest absolute Gasteiger partial charge is 0.396 e. The van der Waals surface area contributed by atoms with E-state index in [1.54, 1.807) is 4.90 Å². The van der Waals surface area contributed by atoms with Crippen molar-refractivity contribution < 1.29 is 17.6 Å². The van der Waals surface area contributed by atoms with Crippen LogP contribution in [-0.4, -0.2) is 49.7 Å². The molecule has 21 heavy (non-hydrogen) atoms. The fourth-order valence-electron chi connectivity index (χ4n) is 2.30. The molecule has 0 bridgehead atoms. The molecule has 2 rings (SSSR count). The smallest absolute Gasteiger partial charge is 0.243 e. The van der Waals surface area contributed by atoms with Crippen LogP contribution < -0.4 is 5.73 Å². The van der Waals surface area contributed by atoms with Gasteiger partial charge in [0.1, 0.15) is 5.82 Å². The van der Waals surface area contributed by atoms with Crippen LogP contribution in [0.25, 0.3) is 0 Å². The third-order valence-electron chi connectivity index (χ3n) is 3.58. The fraction of sp³-hybridized carbons (Fsp3) is 0.462. The highest BCUT2D eigenvalue weighted by Gasteiger charge is 2.30. The molecule has 1 aliphatic heterocycles. The Bertz CT molecular complexity index is 644. The van der Waals surface area contributed by atoms with Gasteiger partial charge in [-0.15, -0.1) is 0 Å². The lowest BCUT2D eigenvalue weighted by Crippen LogP contribution is -2.49. The van der Waals surface area contributed by atoms with E-state index >= 15 is 0 Å². The van der Waals surface area contributed by atoms with E-state index in [2.05, 4.69) is 0 Å². The van der Waals surface area contributed by atoms with Crippen LogP contribution in [0.3, 0.4) is 0 Å². The minimum absolute atomic E-state index is 0.0184. The van der Waals surface area contributed by atoms with E-state index in [-0.39, 0.29) is 35.1 Å². The second-order valence-corrected chi connectivity index (χ2v) is 6.99. The predicted octanol–water partition coefficient (Wildman–Crippen LogP) is 0.569. The predicted molar refractivity (Wildman–Crippen MR) is 76.6 cm³/mol. The summed E-state index contributed by atoms with van der Waals surface area (Å²) < 4.78 is 39.8. The minimum Gasteiger partial charge on any atom is -0.396 e. The lowest BCUT2D eigenvalue weighted by molar-refractivity contribution is -0.129. The summed E-state index contributed by atoms with van der Waals surface area (Å²) in [6, 6.07) is 2.41. The second-order valence-electron chi connectivity index (χ2n) is 5.05. The van der Waals surface area contributed by atoms with Gasteiger partial charge < -0.3 is 10.6 Å². The van der Waals surface area contributed by atoms with Gasteiger partial charge in [-0.1, -0.05) is 0 Å². The molecule has 1 heterocycles. The number of sulfonamides is 1. The third-order valence-corrected chi connectivity index (χ3v) is 5.45. The van der Waals surface area contributed by atoms with Gasteiger partial charge in [-0.2, -0.15) is 4.31 Å². The molecular weight excluding hydrogens is 297 g/mol. The SMILES string of the molecule is CC(=O)N1CCN(S(=O)(=O)c2cc(C)c(F)c(N)c2)CC1. The Morgan fingerprint density at radius 3 is 2.29 bits per heavy atom. The number of rotatable bonds is 2. The molecule has 0 aliphatic carbocycles. The van der Waals surface area contributed by atoms with Gasteiger partial charge in [-0.05, 0) is 24.6 Å². The maximum Gasteiger partial charge on any atom is 0.243 e. The standard InChI is InChI=1S/C13H18FN3O3S/c1-9-7-11(8-12(15)13(9)14)21(19,20)17-5-3-16(4-6-17)10(2)18/h7-8H,3-6,15H2,1-2H3. The van der Waals surface area contributed by atoms with Crippen molar-refractivity contribution >= 4 is 21.6 Å². The van der Waals surface area contributed by atoms with Crippen molar-refractivity contribution in [3.8, 4) is 0 Å². The Labute approximate surface area is 123 Å². The molecule has 0 unspecified atom stereocenters. The van der Waals surface area contributed by atoms with E-state index in [1.165, 1.54) is 24.2 Å². The van der Waals surface area contributed by atoms with E-state index in [4.69, 9.17) is 5.73 Å². The summed E-state index contributed by atoms with van der Waals surface area (Å²) in [7, 11) is -3.72. The molecule has 8 heteroatoms. The summed E-state index contributed by atoms with van der Waals surface area (Å²) in [6.45, 7) is 4.07. The van der Waals surface area contributed by atoms with Crippen molar-refractivity contribution in [2.75, 3.05) is 31.9 Å². The first-order chi connectivity index (χ1) is 9.73. The quantitative estimate of drug-likeness (QED) is 0.809. The number of hydrogen-bond donors (Lipinski definition) is 1. The fourth-order valence-corrected chi connectivity index (χ4v) is 3.85. The molecule has 0 spiro atoms. The van der Waals surface area contributed by atoms with E-state index < -0.39 is 15.8 Å². The minimum atomic E-state index is -3.72. The highest BCUT2D eigenvalue weighted by Crippen LogP contribution is 2.24. The van der Waals surface area contributed by atoms with Gasteiger partial charge in [0.2, 0.25) is 15.9 Å². The van der Waals surface area contributed by atoms with E-state index in [1.807, 2.05) is 0 Å². The Morgan fingerprint density at radius 2 is 1.81 bits per heavy atom. The topological polar surface area (TPSA) is 83.7 Å². The van der Waals surface area contributed by atoms with Crippen LogP contribution in [0.15, 0.2) is 17.0 Å². The summed E-state index contributed by atoms with van der Waals surface area (Å²) in [4.78, 5) is 12.8. The summed E-state index contributed by atoms with van der Waals surface area (Å²) in [5, 5.41) is 0.